The quantitative estimate of drug-likeness (QED) is 0.771. The van der Waals surface area contributed by atoms with Gasteiger partial charge in [-0.25, -0.2) is 0 Å². The molecule has 0 saturated heterocycles. The monoisotopic (exact) mass is 314 g/mol. The average Bonchev–Trinajstić information content (AvgIpc) is 2.59. The van der Waals surface area contributed by atoms with Crippen LogP contribution in [-0.4, -0.2) is 38.3 Å². The largest absolute Gasteiger partial charge is 0.507 e. The minimum absolute atomic E-state index is 0.0512. The molecule has 2 N–H and O–H groups in total. The standard InChI is InChI=1S/C18H22N2O3/c1-20(14-7-4-3-5-8-14)12-6-11-19-18(22)16-13-15(23-2)9-10-17(16)21/h3-5,7-10,13,21H,6,11-12H2,1-2H3,(H,19,22). The molecule has 5 heteroatoms. The second-order valence-electron chi connectivity index (χ2n) is 5.25. The number of ether oxygens (including phenoxy) is 1. The van der Waals surface area contributed by atoms with Gasteiger partial charge in [-0.1, -0.05) is 18.2 Å². The van der Waals surface area contributed by atoms with Crippen LogP contribution in [0.25, 0.3) is 0 Å². The molecule has 23 heavy (non-hydrogen) atoms. The molecule has 2 aromatic carbocycles. The van der Waals surface area contributed by atoms with Crippen LogP contribution in [0.5, 0.6) is 11.5 Å². The Kier molecular flexibility index (Phi) is 5.86. The molecule has 0 aliphatic heterocycles. The first-order valence-electron chi connectivity index (χ1n) is 7.53. The number of phenols is 1. The molecule has 122 valence electrons. The van der Waals surface area contributed by atoms with E-state index in [-0.39, 0.29) is 17.2 Å². The Morgan fingerprint density at radius 2 is 1.96 bits per heavy atom. The Hall–Kier alpha value is -2.69. The fraction of sp³-hybridized carbons (Fsp3) is 0.278. The van der Waals surface area contributed by atoms with Crippen molar-refractivity contribution in [3.63, 3.8) is 0 Å². The number of para-hydroxylation sites is 1. The SMILES string of the molecule is COc1ccc(O)c(C(=O)NCCCN(C)c2ccccc2)c1. The number of rotatable bonds is 7. The predicted molar refractivity (Wildman–Crippen MR) is 91.3 cm³/mol. The van der Waals surface area contributed by atoms with Crippen molar-refractivity contribution in [3.8, 4) is 11.5 Å². The van der Waals surface area contributed by atoms with E-state index in [9.17, 15) is 9.90 Å². The molecule has 0 aliphatic rings. The molecular formula is C18H22N2O3. The third-order valence-electron chi connectivity index (χ3n) is 3.60. The summed E-state index contributed by atoms with van der Waals surface area (Å²) in [6.45, 7) is 1.36. The molecule has 0 fully saturated rings. The molecule has 0 spiro atoms. The highest BCUT2D eigenvalue weighted by molar-refractivity contribution is 5.97. The number of nitrogens with zero attached hydrogens (tertiary/aromatic N) is 1. The van der Waals surface area contributed by atoms with E-state index in [0.29, 0.717) is 12.3 Å². The van der Waals surface area contributed by atoms with Gasteiger partial charge in [-0.05, 0) is 36.8 Å². The normalized spacial score (nSPS) is 10.2. The van der Waals surface area contributed by atoms with Crippen LogP contribution in [0.2, 0.25) is 0 Å². The lowest BCUT2D eigenvalue weighted by Gasteiger charge is -2.19. The third-order valence-corrected chi connectivity index (χ3v) is 3.60. The molecule has 0 saturated carbocycles. The number of phenolic OH excluding ortho intramolecular Hbond substituents is 1. The minimum atomic E-state index is -0.302. The van der Waals surface area contributed by atoms with E-state index in [2.05, 4.69) is 10.2 Å². The Labute approximate surface area is 136 Å². The zero-order chi connectivity index (χ0) is 16.7. The van der Waals surface area contributed by atoms with Gasteiger partial charge in [0.1, 0.15) is 11.5 Å². The van der Waals surface area contributed by atoms with Crippen molar-refractivity contribution in [1.29, 1.82) is 0 Å². The molecule has 0 bridgehead atoms. The maximum atomic E-state index is 12.1. The van der Waals surface area contributed by atoms with Gasteiger partial charge in [0.25, 0.3) is 5.91 Å². The van der Waals surface area contributed by atoms with Crippen molar-refractivity contribution >= 4 is 11.6 Å². The average molecular weight is 314 g/mol. The maximum Gasteiger partial charge on any atom is 0.255 e. The highest BCUT2D eigenvalue weighted by Gasteiger charge is 2.12. The fourth-order valence-corrected chi connectivity index (χ4v) is 2.25. The molecule has 0 aliphatic carbocycles. The van der Waals surface area contributed by atoms with E-state index in [4.69, 9.17) is 4.74 Å². The van der Waals surface area contributed by atoms with Crippen LogP contribution in [0.1, 0.15) is 16.8 Å². The summed E-state index contributed by atoms with van der Waals surface area (Å²) < 4.78 is 5.07. The van der Waals surface area contributed by atoms with Crippen molar-refractivity contribution in [2.45, 2.75) is 6.42 Å². The van der Waals surface area contributed by atoms with Crippen LogP contribution < -0.4 is 15.0 Å². The number of hydrogen-bond donors (Lipinski definition) is 2. The number of aromatic hydroxyl groups is 1. The van der Waals surface area contributed by atoms with Gasteiger partial charge in [0.05, 0.1) is 12.7 Å². The molecule has 0 atom stereocenters. The zero-order valence-electron chi connectivity index (χ0n) is 13.5. The van der Waals surface area contributed by atoms with Crippen LogP contribution >= 0.6 is 0 Å². The van der Waals surface area contributed by atoms with E-state index in [1.165, 1.54) is 19.2 Å². The van der Waals surface area contributed by atoms with E-state index >= 15 is 0 Å². The van der Waals surface area contributed by atoms with Crippen molar-refractivity contribution in [3.05, 3.63) is 54.1 Å². The second-order valence-corrected chi connectivity index (χ2v) is 5.25. The van der Waals surface area contributed by atoms with Gasteiger partial charge >= 0.3 is 0 Å². The molecule has 0 heterocycles. The van der Waals surface area contributed by atoms with Gasteiger partial charge < -0.3 is 20.1 Å². The maximum absolute atomic E-state index is 12.1. The fourth-order valence-electron chi connectivity index (χ4n) is 2.25. The van der Waals surface area contributed by atoms with E-state index in [1.807, 2.05) is 37.4 Å². The number of carbonyl (C=O) groups is 1. The van der Waals surface area contributed by atoms with Crippen LogP contribution in [0.4, 0.5) is 5.69 Å². The third kappa shape index (κ3) is 4.64. The van der Waals surface area contributed by atoms with Gasteiger partial charge in [0, 0.05) is 25.8 Å². The first-order chi connectivity index (χ1) is 11.1. The van der Waals surface area contributed by atoms with Crippen LogP contribution in [0.15, 0.2) is 48.5 Å². The Morgan fingerprint density at radius 3 is 2.65 bits per heavy atom. The van der Waals surface area contributed by atoms with Gasteiger partial charge in [0.2, 0.25) is 0 Å². The van der Waals surface area contributed by atoms with Crippen molar-refractivity contribution in [2.75, 3.05) is 32.1 Å². The Bertz CT molecular complexity index is 644. The summed E-state index contributed by atoms with van der Waals surface area (Å²) in [5, 5.41) is 12.6. The summed E-state index contributed by atoms with van der Waals surface area (Å²) >= 11 is 0. The van der Waals surface area contributed by atoms with Gasteiger partial charge in [0.15, 0.2) is 0 Å². The Morgan fingerprint density at radius 1 is 1.22 bits per heavy atom. The number of amides is 1. The topological polar surface area (TPSA) is 61.8 Å². The highest BCUT2D eigenvalue weighted by atomic mass is 16.5. The molecule has 0 unspecified atom stereocenters. The minimum Gasteiger partial charge on any atom is -0.507 e. The van der Waals surface area contributed by atoms with Crippen LogP contribution in [0.3, 0.4) is 0 Å². The lowest BCUT2D eigenvalue weighted by molar-refractivity contribution is 0.0950. The van der Waals surface area contributed by atoms with Crippen molar-refractivity contribution in [2.24, 2.45) is 0 Å². The molecule has 0 aromatic heterocycles. The van der Waals surface area contributed by atoms with Crippen molar-refractivity contribution in [1.82, 2.24) is 5.32 Å². The number of carbonyl (C=O) groups excluding carboxylic acids is 1. The van der Waals surface area contributed by atoms with Crippen molar-refractivity contribution < 1.29 is 14.6 Å². The summed E-state index contributed by atoms with van der Waals surface area (Å²) in [4.78, 5) is 14.2. The zero-order valence-corrected chi connectivity index (χ0v) is 13.5. The summed E-state index contributed by atoms with van der Waals surface area (Å²) in [5.41, 5.74) is 1.37. The lowest BCUT2D eigenvalue weighted by Crippen LogP contribution is -2.28. The van der Waals surface area contributed by atoms with E-state index < -0.39 is 0 Å². The number of methoxy groups -OCH3 is 1. The Balaban J connectivity index is 1.81. The number of hydrogen-bond acceptors (Lipinski definition) is 4. The number of nitrogens with one attached hydrogen (secondary N) is 1. The predicted octanol–water partition coefficient (Wildman–Crippen LogP) is 2.66. The summed E-state index contributed by atoms with van der Waals surface area (Å²) in [5.74, 6) is 0.185. The number of anilines is 1. The first-order valence-corrected chi connectivity index (χ1v) is 7.53. The van der Waals surface area contributed by atoms with E-state index in [1.54, 1.807) is 6.07 Å². The highest BCUT2D eigenvalue weighted by Crippen LogP contribution is 2.22. The summed E-state index contributed by atoms with van der Waals surface area (Å²) in [6, 6.07) is 14.7. The van der Waals surface area contributed by atoms with Gasteiger partial charge in [-0.2, -0.15) is 0 Å². The molecule has 1 amide bonds. The van der Waals surface area contributed by atoms with Crippen LogP contribution in [-0.2, 0) is 0 Å². The second kappa shape index (κ2) is 8.08. The molecule has 0 radical (unpaired) electrons. The number of benzene rings is 2. The molecular weight excluding hydrogens is 292 g/mol. The van der Waals surface area contributed by atoms with E-state index in [0.717, 1.165) is 18.7 Å². The molecule has 5 nitrogen and oxygen atoms in total. The summed E-state index contributed by atoms with van der Waals surface area (Å²) in [7, 11) is 3.54. The molecule has 2 aromatic rings. The smallest absolute Gasteiger partial charge is 0.255 e. The van der Waals surface area contributed by atoms with Gasteiger partial charge in [-0.3, -0.25) is 4.79 Å². The molecule has 2 rings (SSSR count). The summed E-state index contributed by atoms with van der Waals surface area (Å²) in [6.07, 6.45) is 0.807. The van der Waals surface area contributed by atoms with Crippen LogP contribution in [0, 0.1) is 0 Å². The van der Waals surface area contributed by atoms with Gasteiger partial charge in [-0.15, -0.1) is 0 Å². The first kappa shape index (κ1) is 16.7. The lowest BCUT2D eigenvalue weighted by atomic mass is 10.1.